The van der Waals surface area contributed by atoms with E-state index in [1.165, 1.54) is 17.0 Å². The number of anilines is 1. The van der Waals surface area contributed by atoms with Gasteiger partial charge in [0.25, 0.3) is 0 Å². The Balaban J connectivity index is 2.32. The Bertz CT molecular complexity index is 561. The molecule has 0 amide bonds. The van der Waals surface area contributed by atoms with Gasteiger partial charge in [-0.3, -0.25) is 9.59 Å². The van der Waals surface area contributed by atoms with E-state index in [1.807, 2.05) is 0 Å². The van der Waals surface area contributed by atoms with E-state index in [0.717, 1.165) is 12.8 Å². The Morgan fingerprint density at radius 3 is 2.71 bits per heavy atom. The van der Waals surface area contributed by atoms with Gasteiger partial charge < -0.3 is 5.73 Å². The molecule has 1 aromatic heterocycles. The SMILES string of the molecule is Nc1c(Br)c(=O)c(Br)nn1/C=C/C(=O)C1CC1. The molecule has 17 heavy (non-hydrogen) atoms. The van der Waals surface area contributed by atoms with E-state index in [9.17, 15) is 9.59 Å². The maximum Gasteiger partial charge on any atom is 0.230 e. The fraction of sp³-hybridized carbons (Fsp3) is 0.300. The summed E-state index contributed by atoms with van der Waals surface area (Å²) >= 11 is 6.11. The number of ketones is 1. The molecular weight excluding hydrogens is 354 g/mol. The van der Waals surface area contributed by atoms with E-state index in [1.54, 1.807) is 0 Å². The number of carbonyl (C=O) groups is 1. The van der Waals surface area contributed by atoms with Crippen LogP contribution in [-0.4, -0.2) is 15.6 Å². The van der Waals surface area contributed by atoms with Crippen LogP contribution in [0.5, 0.6) is 0 Å². The van der Waals surface area contributed by atoms with Gasteiger partial charge in [0.2, 0.25) is 5.43 Å². The van der Waals surface area contributed by atoms with Crippen molar-refractivity contribution in [3.05, 3.63) is 25.4 Å². The zero-order valence-electron chi connectivity index (χ0n) is 8.69. The second kappa shape index (κ2) is 4.73. The number of nitrogens with two attached hydrogens (primary N) is 1. The van der Waals surface area contributed by atoms with E-state index < -0.39 is 0 Å². The minimum atomic E-state index is -0.319. The van der Waals surface area contributed by atoms with Crippen LogP contribution in [0.2, 0.25) is 0 Å². The molecule has 0 atom stereocenters. The lowest BCUT2D eigenvalue weighted by Gasteiger charge is -2.05. The minimum absolute atomic E-state index is 0.0668. The van der Waals surface area contributed by atoms with Crippen LogP contribution >= 0.6 is 31.9 Å². The standard InChI is InChI=1S/C10H9Br2N3O2/c11-7-8(17)9(12)14-15(10(7)13)4-3-6(16)5-1-2-5/h3-5H,1-2,13H2/b4-3+. The van der Waals surface area contributed by atoms with Crippen LogP contribution in [0.25, 0.3) is 6.20 Å². The lowest BCUT2D eigenvalue weighted by atomic mass is 10.2. The zero-order chi connectivity index (χ0) is 12.6. The second-order valence-electron chi connectivity index (χ2n) is 3.76. The molecule has 0 saturated heterocycles. The van der Waals surface area contributed by atoms with Gasteiger partial charge in [-0.15, -0.1) is 0 Å². The summed E-state index contributed by atoms with van der Waals surface area (Å²) in [6.07, 6.45) is 4.79. The molecular formula is C10H9Br2N3O2. The fourth-order valence-electron chi connectivity index (χ4n) is 1.26. The molecule has 7 heteroatoms. The summed E-state index contributed by atoms with van der Waals surface area (Å²) in [5.74, 6) is 0.383. The quantitative estimate of drug-likeness (QED) is 0.831. The summed E-state index contributed by atoms with van der Waals surface area (Å²) in [5, 5.41) is 3.91. The molecule has 1 saturated carbocycles. The molecule has 0 aromatic carbocycles. The van der Waals surface area contributed by atoms with Gasteiger partial charge in [0.05, 0.1) is 0 Å². The van der Waals surface area contributed by atoms with Crippen molar-refractivity contribution in [1.82, 2.24) is 9.78 Å². The van der Waals surface area contributed by atoms with Gasteiger partial charge in [0, 0.05) is 12.1 Å². The third kappa shape index (κ3) is 2.66. The maximum absolute atomic E-state index is 11.5. The van der Waals surface area contributed by atoms with Crippen LogP contribution in [0.15, 0.2) is 19.9 Å². The number of allylic oxidation sites excluding steroid dienone is 1. The first-order valence-electron chi connectivity index (χ1n) is 4.96. The van der Waals surface area contributed by atoms with Gasteiger partial charge in [-0.05, 0) is 50.8 Å². The maximum atomic E-state index is 11.5. The molecule has 0 bridgehead atoms. The summed E-state index contributed by atoms with van der Waals surface area (Å²) in [6, 6.07) is 0. The number of nitrogens with zero attached hydrogens (tertiary/aromatic N) is 2. The van der Waals surface area contributed by atoms with E-state index in [0.29, 0.717) is 0 Å². The molecule has 0 unspecified atom stereocenters. The Labute approximate surface area is 114 Å². The predicted molar refractivity (Wildman–Crippen MR) is 71.4 cm³/mol. The number of carbonyl (C=O) groups excluding carboxylic acids is 1. The fourth-order valence-corrected chi connectivity index (χ4v) is 2.27. The first-order valence-corrected chi connectivity index (χ1v) is 6.54. The van der Waals surface area contributed by atoms with Gasteiger partial charge in [0.1, 0.15) is 10.3 Å². The topological polar surface area (TPSA) is 78.0 Å². The van der Waals surface area contributed by atoms with Crippen LogP contribution in [0, 0.1) is 5.92 Å². The average molecular weight is 363 g/mol. The number of hydrogen-bond donors (Lipinski definition) is 1. The molecule has 1 aromatic rings. The van der Waals surface area contributed by atoms with Crippen LogP contribution < -0.4 is 11.2 Å². The number of nitrogen functional groups attached to an aromatic ring is 1. The van der Waals surface area contributed by atoms with Crippen molar-refractivity contribution in [2.75, 3.05) is 5.73 Å². The largest absolute Gasteiger partial charge is 0.383 e. The molecule has 1 aliphatic rings. The highest BCUT2D eigenvalue weighted by atomic mass is 79.9. The molecule has 1 heterocycles. The third-order valence-electron chi connectivity index (χ3n) is 2.41. The van der Waals surface area contributed by atoms with Crippen LogP contribution in [0.1, 0.15) is 12.8 Å². The third-order valence-corrected chi connectivity index (χ3v) is 3.70. The van der Waals surface area contributed by atoms with Crippen LogP contribution in [-0.2, 0) is 4.79 Å². The van der Waals surface area contributed by atoms with Crippen LogP contribution in [0.3, 0.4) is 0 Å². The molecule has 0 aliphatic heterocycles. The van der Waals surface area contributed by atoms with Crippen molar-refractivity contribution in [2.45, 2.75) is 12.8 Å². The number of rotatable bonds is 3. The molecule has 2 N–H and O–H groups in total. The van der Waals surface area contributed by atoms with E-state index in [2.05, 4.69) is 37.0 Å². The Hall–Kier alpha value is -0.950. The van der Waals surface area contributed by atoms with E-state index in [-0.39, 0.29) is 32.0 Å². The summed E-state index contributed by atoms with van der Waals surface area (Å²) < 4.78 is 1.65. The number of hydrogen-bond acceptors (Lipinski definition) is 4. The minimum Gasteiger partial charge on any atom is -0.383 e. The molecule has 0 radical (unpaired) electrons. The molecule has 1 aliphatic carbocycles. The van der Waals surface area contributed by atoms with Crippen LogP contribution in [0.4, 0.5) is 5.82 Å². The van der Waals surface area contributed by atoms with Gasteiger partial charge in [-0.25, -0.2) is 4.68 Å². The normalized spacial score (nSPS) is 15.4. The van der Waals surface area contributed by atoms with Gasteiger partial charge in [-0.2, -0.15) is 5.10 Å². The van der Waals surface area contributed by atoms with Gasteiger partial charge in [-0.1, -0.05) is 0 Å². The molecule has 90 valence electrons. The highest BCUT2D eigenvalue weighted by Crippen LogP contribution is 2.30. The van der Waals surface area contributed by atoms with Crippen molar-refractivity contribution in [1.29, 1.82) is 0 Å². The number of aromatic nitrogens is 2. The van der Waals surface area contributed by atoms with Crippen molar-refractivity contribution in [3.8, 4) is 0 Å². The van der Waals surface area contributed by atoms with E-state index >= 15 is 0 Å². The smallest absolute Gasteiger partial charge is 0.230 e. The first kappa shape index (κ1) is 12.5. The Kier molecular flexibility index (Phi) is 3.48. The molecule has 2 rings (SSSR count). The van der Waals surface area contributed by atoms with Gasteiger partial charge >= 0.3 is 0 Å². The predicted octanol–water partition coefficient (Wildman–Crippen LogP) is 1.80. The summed E-state index contributed by atoms with van der Waals surface area (Å²) in [4.78, 5) is 22.9. The monoisotopic (exact) mass is 361 g/mol. The van der Waals surface area contributed by atoms with Crippen molar-refractivity contribution >= 4 is 49.7 Å². The van der Waals surface area contributed by atoms with Crippen molar-refractivity contribution in [2.24, 2.45) is 5.92 Å². The van der Waals surface area contributed by atoms with Crippen molar-refractivity contribution in [3.63, 3.8) is 0 Å². The lowest BCUT2D eigenvalue weighted by molar-refractivity contribution is -0.115. The van der Waals surface area contributed by atoms with Crippen molar-refractivity contribution < 1.29 is 4.79 Å². The molecule has 1 fully saturated rings. The molecule has 0 spiro atoms. The highest BCUT2D eigenvalue weighted by molar-refractivity contribution is 9.11. The lowest BCUT2D eigenvalue weighted by Crippen LogP contribution is -2.16. The summed E-state index contributed by atoms with van der Waals surface area (Å²) in [5.41, 5.74) is 5.38. The molecule has 5 nitrogen and oxygen atoms in total. The number of halogens is 2. The van der Waals surface area contributed by atoms with E-state index in [4.69, 9.17) is 5.73 Å². The summed E-state index contributed by atoms with van der Waals surface area (Å²) in [6.45, 7) is 0. The second-order valence-corrected chi connectivity index (χ2v) is 5.30. The first-order chi connectivity index (χ1) is 8.00. The Morgan fingerprint density at radius 1 is 1.47 bits per heavy atom. The zero-order valence-corrected chi connectivity index (χ0v) is 11.9. The van der Waals surface area contributed by atoms with Gasteiger partial charge in [0.15, 0.2) is 10.4 Å². The Morgan fingerprint density at radius 2 is 2.12 bits per heavy atom. The average Bonchev–Trinajstić information content (AvgIpc) is 3.13. The highest BCUT2D eigenvalue weighted by Gasteiger charge is 2.27. The summed E-state index contributed by atoms with van der Waals surface area (Å²) in [7, 11) is 0.